The van der Waals surface area contributed by atoms with Gasteiger partial charge in [-0.05, 0) is 38.0 Å². The molecule has 144 valence electrons. The van der Waals surface area contributed by atoms with Crippen molar-refractivity contribution < 1.29 is 14.6 Å². The summed E-state index contributed by atoms with van der Waals surface area (Å²) in [7, 11) is 1.77. The van der Waals surface area contributed by atoms with Gasteiger partial charge in [0, 0.05) is 39.8 Å². The zero-order valence-corrected chi connectivity index (χ0v) is 15.9. The topological polar surface area (TPSA) is 53.0 Å². The molecule has 2 saturated heterocycles. The van der Waals surface area contributed by atoms with Gasteiger partial charge >= 0.3 is 0 Å². The summed E-state index contributed by atoms with van der Waals surface area (Å²) >= 11 is 0. The number of rotatable bonds is 6. The van der Waals surface area contributed by atoms with E-state index in [0.29, 0.717) is 19.1 Å². The van der Waals surface area contributed by atoms with Crippen molar-refractivity contribution in [2.24, 2.45) is 5.92 Å². The van der Waals surface area contributed by atoms with Crippen molar-refractivity contribution in [1.29, 1.82) is 0 Å². The van der Waals surface area contributed by atoms with Crippen molar-refractivity contribution in [2.75, 3.05) is 39.8 Å². The molecule has 0 radical (unpaired) electrons. The van der Waals surface area contributed by atoms with Crippen molar-refractivity contribution in [3.8, 4) is 0 Å². The quantitative estimate of drug-likeness (QED) is 0.798. The molecule has 5 nitrogen and oxygen atoms in total. The van der Waals surface area contributed by atoms with Gasteiger partial charge in [0.1, 0.15) is 0 Å². The number of piperidine rings is 2. The van der Waals surface area contributed by atoms with Crippen LogP contribution >= 0.6 is 0 Å². The van der Waals surface area contributed by atoms with Crippen LogP contribution in [0.3, 0.4) is 0 Å². The van der Waals surface area contributed by atoms with Gasteiger partial charge in [-0.3, -0.25) is 9.69 Å². The predicted molar refractivity (Wildman–Crippen MR) is 98.4 cm³/mol. The Morgan fingerprint density at radius 2 is 1.80 bits per heavy atom. The van der Waals surface area contributed by atoms with Crippen LogP contribution in [-0.4, -0.2) is 72.4 Å². The zero-order chi connectivity index (χ0) is 17.7. The molecule has 0 aromatic rings. The molecule has 0 bridgehead atoms. The van der Waals surface area contributed by atoms with Crippen LogP contribution < -0.4 is 0 Å². The Balaban J connectivity index is 1.49. The molecule has 3 aliphatic rings. The second-order valence-corrected chi connectivity index (χ2v) is 8.43. The molecule has 1 saturated carbocycles. The van der Waals surface area contributed by atoms with Gasteiger partial charge in [-0.2, -0.15) is 0 Å². The van der Waals surface area contributed by atoms with Crippen LogP contribution in [0.4, 0.5) is 0 Å². The summed E-state index contributed by atoms with van der Waals surface area (Å²) in [5.41, 5.74) is -1.18. The van der Waals surface area contributed by atoms with E-state index in [9.17, 15) is 9.90 Å². The molecule has 2 aliphatic heterocycles. The monoisotopic (exact) mass is 352 g/mol. The standard InChI is InChI=1S/C20H36N2O3/c1-25-18-9-13-21(14-10-18)16-20(24)11-5-12-22(19(20)23)15-8-17-6-3-2-4-7-17/h17-18,24H,2-16H2,1H3/t20-/m1/s1. The number of carbonyl (C=O) groups excluding carboxylic acids is 1. The highest BCUT2D eigenvalue weighted by molar-refractivity contribution is 5.86. The zero-order valence-electron chi connectivity index (χ0n) is 15.9. The molecule has 25 heavy (non-hydrogen) atoms. The van der Waals surface area contributed by atoms with Crippen LogP contribution in [0.15, 0.2) is 0 Å². The molecule has 0 spiro atoms. The first kappa shape index (κ1) is 19.1. The van der Waals surface area contributed by atoms with Crippen molar-refractivity contribution in [1.82, 2.24) is 9.80 Å². The first-order valence-electron chi connectivity index (χ1n) is 10.4. The molecule has 0 aromatic heterocycles. The summed E-state index contributed by atoms with van der Waals surface area (Å²) in [5, 5.41) is 11.1. The smallest absolute Gasteiger partial charge is 0.255 e. The Kier molecular flexibility index (Phi) is 6.75. The number of β-amino-alcohol motifs (C(OH)–C–C–N with tert-alkyl or cyclic N) is 1. The highest BCUT2D eigenvalue weighted by Crippen LogP contribution is 2.29. The first-order valence-corrected chi connectivity index (χ1v) is 10.4. The van der Waals surface area contributed by atoms with E-state index >= 15 is 0 Å². The van der Waals surface area contributed by atoms with Gasteiger partial charge in [0.25, 0.3) is 5.91 Å². The second kappa shape index (κ2) is 8.83. The Hall–Kier alpha value is -0.650. The summed E-state index contributed by atoms with van der Waals surface area (Å²) < 4.78 is 5.42. The van der Waals surface area contributed by atoms with Gasteiger partial charge in [0.2, 0.25) is 0 Å². The van der Waals surface area contributed by atoms with Gasteiger partial charge in [-0.25, -0.2) is 0 Å². The first-order chi connectivity index (χ1) is 12.1. The van der Waals surface area contributed by atoms with E-state index in [4.69, 9.17) is 4.74 Å². The van der Waals surface area contributed by atoms with Gasteiger partial charge in [-0.1, -0.05) is 32.1 Å². The third kappa shape index (κ3) is 4.95. The molecule has 5 heteroatoms. The fourth-order valence-corrected chi connectivity index (χ4v) is 4.91. The number of hydrogen-bond donors (Lipinski definition) is 1. The van der Waals surface area contributed by atoms with E-state index in [0.717, 1.165) is 57.8 Å². The SMILES string of the molecule is COC1CCN(C[C@]2(O)CCCN(CCC3CCCCC3)C2=O)CC1. The number of ether oxygens (including phenoxy) is 1. The lowest BCUT2D eigenvalue weighted by molar-refractivity contribution is -0.160. The number of amides is 1. The summed E-state index contributed by atoms with van der Waals surface area (Å²) in [6.45, 7) is 3.96. The van der Waals surface area contributed by atoms with Crippen LogP contribution in [0.2, 0.25) is 0 Å². The lowest BCUT2D eigenvalue weighted by Gasteiger charge is -2.42. The average molecular weight is 353 g/mol. The van der Waals surface area contributed by atoms with Crippen LogP contribution in [0.1, 0.15) is 64.2 Å². The molecule has 1 atom stereocenters. The predicted octanol–water partition coefficient (Wildman–Crippen LogP) is 2.42. The minimum absolute atomic E-state index is 0.0246. The molecule has 1 N–H and O–H groups in total. The molecule has 3 rings (SSSR count). The number of likely N-dealkylation sites (tertiary alicyclic amines) is 2. The van der Waals surface area contributed by atoms with Gasteiger partial charge in [0.15, 0.2) is 5.60 Å². The summed E-state index contributed by atoms with van der Waals surface area (Å²) in [6, 6.07) is 0. The van der Waals surface area contributed by atoms with Gasteiger partial charge < -0.3 is 14.7 Å². The Morgan fingerprint density at radius 1 is 1.08 bits per heavy atom. The summed E-state index contributed by atoms with van der Waals surface area (Å²) in [6.07, 6.45) is 11.7. The van der Waals surface area contributed by atoms with Crippen molar-refractivity contribution in [3.63, 3.8) is 0 Å². The van der Waals surface area contributed by atoms with Crippen molar-refractivity contribution in [2.45, 2.75) is 75.9 Å². The highest BCUT2D eigenvalue weighted by atomic mass is 16.5. The Morgan fingerprint density at radius 3 is 2.48 bits per heavy atom. The Bertz CT molecular complexity index is 431. The maximum absolute atomic E-state index is 12.9. The number of methoxy groups -OCH3 is 1. The highest BCUT2D eigenvalue weighted by Gasteiger charge is 2.43. The molecule has 0 unspecified atom stereocenters. The molecular formula is C20H36N2O3. The molecule has 0 aromatic carbocycles. The fourth-order valence-electron chi connectivity index (χ4n) is 4.91. The lowest BCUT2D eigenvalue weighted by Crippen LogP contribution is -2.59. The van der Waals surface area contributed by atoms with Gasteiger partial charge in [-0.15, -0.1) is 0 Å². The van der Waals surface area contributed by atoms with Crippen LogP contribution in [0.5, 0.6) is 0 Å². The molecule has 1 aliphatic carbocycles. The number of nitrogens with zero attached hydrogens (tertiary/aromatic N) is 2. The van der Waals surface area contributed by atoms with Crippen molar-refractivity contribution >= 4 is 5.91 Å². The third-order valence-corrected chi connectivity index (χ3v) is 6.59. The van der Waals surface area contributed by atoms with Crippen molar-refractivity contribution in [3.05, 3.63) is 0 Å². The third-order valence-electron chi connectivity index (χ3n) is 6.59. The average Bonchev–Trinajstić information content (AvgIpc) is 2.64. The van der Waals surface area contributed by atoms with E-state index in [-0.39, 0.29) is 5.91 Å². The Labute approximate surface area is 152 Å². The molecular weight excluding hydrogens is 316 g/mol. The molecule has 3 fully saturated rings. The fraction of sp³-hybridized carbons (Fsp3) is 0.950. The summed E-state index contributed by atoms with van der Waals surface area (Å²) in [4.78, 5) is 17.1. The normalized spacial score (nSPS) is 30.8. The van der Waals surface area contributed by atoms with E-state index in [1.54, 1.807) is 7.11 Å². The number of hydrogen-bond acceptors (Lipinski definition) is 4. The minimum Gasteiger partial charge on any atom is -0.381 e. The van der Waals surface area contributed by atoms with Crippen LogP contribution in [-0.2, 0) is 9.53 Å². The van der Waals surface area contributed by atoms with Crippen LogP contribution in [0, 0.1) is 5.92 Å². The van der Waals surface area contributed by atoms with E-state index < -0.39 is 5.60 Å². The molecule has 2 heterocycles. The van der Waals surface area contributed by atoms with E-state index in [1.807, 2.05) is 4.90 Å². The number of aliphatic hydroxyl groups is 1. The largest absolute Gasteiger partial charge is 0.381 e. The van der Waals surface area contributed by atoms with E-state index in [1.165, 1.54) is 32.1 Å². The summed E-state index contributed by atoms with van der Waals surface area (Å²) in [5.74, 6) is 0.757. The second-order valence-electron chi connectivity index (χ2n) is 8.43. The van der Waals surface area contributed by atoms with E-state index in [2.05, 4.69) is 4.90 Å². The van der Waals surface area contributed by atoms with Crippen LogP contribution in [0.25, 0.3) is 0 Å². The maximum atomic E-state index is 12.9. The molecule has 1 amide bonds. The van der Waals surface area contributed by atoms with Gasteiger partial charge in [0.05, 0.1) is 6.10 Å². The minimum atomic E-state index is -1.18. The lowest BCUT2D eigenvalue weighted by atomic mass is 9.86. The maximum Gasteiger partial charge on any atom is 0.255 e. The number of carbonyl (C=O) groups is 1.